The van der Waals surface area contributed by atoms with Crippen LogP contribution in [0, 0.1) is 0 Å². The zero-order valence-electron chi connectivity index (χ0n) is 30.8. The normalized spacial score (nSPS) is 13.1. The highest BCUT2D eigenvalue weighted by Gasteiger charge is 2.36. The molecule has 0 amide bonds. The van der Waals surface area contributed by atoms with E-state index in [2.05, 4.69) is 207 Å². The predicted octanol–water partition coefficient (Wildman–Crippen LogP) is 15.0. The summed E-state index contributed by atoms with van der Waals surface area (Å²) in [5.41, 5.74) is 15.1. The summed E-state index contributed by atoms with van der Waals surface area (Å²) in [6.07, 6.45) is 0. The number of hydrogen-bond donors (Lipinski definition) is 0. The van der Waals surface area contributed by atoms with Crippen LogP contribution in [0.15, 0.2) is 192 Å². The van der Waals surface area contributed by atoms with E-state index in [4.69, 9.17) is 4.42 Å². The number of fused-ring (bicyclic) bond motifs is 9. The molecule has 0 fully saturated rings. The molecule has 11 rings (SSSR count). The Bertz CT molecular complexity index is 3110. The van der Waals surface area contributed by atoms with Crippen LogP contribution in [-0.2, 0) is 5.41 Å². The van der Waals surface area contributed by atoms with Crippen LogP contribution in [0.5, 0.6) is 0 Å². The maximum absolute atomic E-state index is 6.90. The molecule has 0 radical (unpaired) electrons. The fraction of sp³-hybridized carbons (Fsp3) is 0.0566. The van der Waals surface area contributed by atoms with Gasteiger partial charge in [0.2, 0.25) is 0 Å². The van der Waals surface area contributed by atoms with Crippen molar-refractivity contribution in [2.75, 3.05) is 4.90 Å². The molecule has 10 aromatic rings. The molecule has 0 saturated heterocycles. The second-order valence-corrected chi connectivity index (χ2v) is 15.3. The highest BCUT2D eigenvalue weighted by molar-refractivity contribution is 6.21. The lowest BCUT2D eigenvalue weighted by Gasteiger charge is -2.29. The number of furan rings is 1. The zero-order chi connectivity index (χ0) is 36.7. The van der Waals surface area contributed by atoms with Gasteiger partial charge in [-0.3, -0.25) is 0 Å². The van der Waals surface area contributed by atoms with Gasteiger partial charge in [-0.1, -0.05) is 172 Å². The lowest BCUT2D eigenvalue weighted by molar-refractivity contribution is 0.660. The lowest BCUT2D eigenvalue weighted by atomic mass is 9.82. The molecule has 0 aliphatic heterocycles. The monoisotopic (exact) mass is 703 g/mol. The largest absolute Gasteiger partial charge is 0.455 e. The highest BCUT2D eigenvalue weighted by Crippen LogP contribution is 2.52. The van der Waals surface area contributed by atoms with Crippen molar-refractivity contribution in [2.45, 2.75) is 19.3 Å². The van der Waals surface area contributed by atoms with Crippen molar-refractivity contribution in [3.63, 3.8) is 0 Å². The Balaban J connectivity index is 1.16. The van der Waals surface area contributed by atoms with E-state index in [1.165, 1.54) is 44.2 Å². The summed E-state index contributed by atoms with van der Waals surface area (Å²) in [5.74, 6) is 0. The molecule has 2 heteroatoms. The van der Waals surface area contributed by atoms with Crippen molar-refractivity contribution < 1.29 is 4.42 Å². The maximum Gasteiger partial charge on any atom is 0.143 e. The van der Waals surface area contributed by atoms with Gasteiger partial charge in [-0.05, 0) is 80.0 Å². The van der Waals surface area contributed by atoms with Gasteiger partial charge in [0.25, 0.3) is 0 Å². The highest BCUT2D eigenvalue weighted by atomic mass is 16.3. The molecule has 9 aromatic carbocycles. The molecule has 0 saturated carbocycles. The van der Waals surface area contributed by atoms with Gasteiger partial charge in [0.05, 0.1) is 5.69 Å². The minimum absolute atomic E-state index is 0.132. The smallest absolute Gasteiger partial charge is 0.143 e. The number of anilines is 3. The fourth-order valence-corrected chi connectivity index (χ4v) is 9.16. The molecular formula is C53H37NO. The van der Waals surface area contributed by atoms with E-state index in [1.807, 2.05) is 0 Å². The van der Waals surface area contributed by atoms with Gasteiger partial charge in [0, 0.05) is 43.9 Å². The van der Waals surface area contributed by atoms with Crippen LogP contribution < -0.4 is 4.90 Å². The first-order valence-electron chi connectivity index (χ1n) is 19.1. The Morgan fingerprint density at radius 2 is 0.964 bits per heavy atom. The Hall–Kier alpha value is -6.90. The maximum atomic E-state index is 6.90. The summed E-state index contributed by atoms with van der Waals surface area (Å²) >= 11 is 0. The first kappa shape index (κ1) is 31.6. The molecule has 0 atom stereocenters. The van der Waals surface area contributed by atoms with Crippen molar-refractivity contribution in [2.24, 2.45) is 0 Å². The molecule has 1 aliphatic carbocycles. The molecule has 0 N–H and O–H groups in total. The molecule has 0 unspecified atom stereocenters. The summed E-state index contributed by atoms with van der Waals surface area (Å²) in [7, 11) is 0. The molecule has 0 spiro atoms. The van der Waals surface area contributed by atoms with Gasteiger partial charge in [-0.25, -0.2) is 0 Å². The zero-order valence-corrected chi connectivity index (χ0v) is 30.8. The Morgan fingerprint density at radius 1 is 0.382 bits per heavy atom. The second kappa shape index (κ2) is 12.1. The molecule has 2 nitrogen and oxygen atoms in total. The Labute approximate surface area is 320 Å². The van der Waals surface area contributed by atoms with Crippen LogP contribution in [0.3, 0.4) is 0 Å². The third-order valence-corrected chi connectivity index (χ3v) is 11.9. The average Bonchev–Trinajstić information content (AvgIpc) is 3.73. The molecule has 55 heavy (non-hydrogen) atoms. The molecule has 1 heterocycles. The topological polar surface area (TPSA) is 16.4 Å². The molecule has 260 valence electrons. The fourth-order valence-electron chi connectivity index (χ4n) is 9.16. The third-order valence-electron chi connectivity index (χ3n) is 11.9. The molecule has 1 aliphatic rings. The van der Waals surface area contributed by atoms with Crippen molar-refractivity contribution in [3.8, 4) is 33.4 Å². The van der Waals surface area contributed by atoms with Gasteiger partial charge < -0.3 is 9.32 Å². The van der Waals surface area contributed by atoms with Gasteiger partial charge >= 0.3 is 0 Å². The van der Waals surface area contributed by atoms with Crippen LogP contribution in [0.2, 0.25) is 0 Å². The van der Waals surface area contributed by atoms with E-state index in [9.17, 15) is 0 Å². The van der Waals surface area contributed by atoms with Crippen LogP contribution in [-0.4, -0.2) is 0 Å². The van der Waals surface area contributed by atoms with Crippen LogP contribution >= 0.6 is 0 Å². The van der Waals surface area contributed by atoms with Gasteiger partial charge in [-0.2, -0.15) is 0 Å². The summed E-state index contributed by atoms with van der Waals surface area (Å²) < 4.78 is 6.90. The molecular weight excluding hydrogens is 667 g/mol. The first-order valence-corrected chi connectivity index (χ1v) is 19.1. The Morgan fingerprint density at radius 3 is 1.82 bits per heavy atom. The van der Waals surface area contributed by atoms with E-state index in [0.717, 1.165) is 60.9 Å². The van der Waals surface area contributed by atoms with E-state index in [0.29, 0.717) is 0 Å². The number of nitrogens with zero attached hydrogens (tertiary/aromatic N) is 1. The standard InChI is InChI=1S/C53H37NO/c1-53(2)48-25-11-10-19-42(48)43-31-30-38(32-49(43)53)54(37-28-26-36(27-29-37)40-22-12-17-34-16-6-7-18-39(34)40)50-33-47-46-24-13-23-41(35-14-4-3-5-15-35)51(46)55-52(47)45-21-9-8-20-44(45)50/h3-33H,1-2H3. The minimum Gasteiger partial charge on any atom is -0.455 e. The van der Waals surface area contributed by atoms with Gasteiger partial charge in [0.1, 0.15) is 11.2 Å². The summed E-state index contributed by atoms with van der Waals surface area (Å²) in [5, 5.41) is 6.95. The SMILES string of the molecule is CC1(C)c2ccccc2-c2ccc(N(c3ccc(-c4cccc5ccccc45)cc3)c3cc4c5cccc(-c6ccccc6)c5oc4c4ccccc34)cc21. The summed E-state index contributed by atoms with van der Waals surface area (Å²) in [4.78, 5) is 2.45. The van der Waals surface area contributed by atoms with Crippen molar-refractivity contribution >= 4 is 60.5 Å². The average molecular weight is 704 g/mol. The Kier molecular flexibility index (Phi) is 6.93. The number of rotatable bonds is 5. The van der Waals surface area contributed by atoms with Crippen LogP contribution in [0.4, 0.5) is 17.1 Å². The van der Waals surface area contributed by atoms with E-state index < -0.39 is 0 Å². The van der Waals surface area contributed by atoms with Crippen molar-refractivity contribution in [1.82, 2.24) is 0 Å². The third kappa shape index (κ3) is 4.81. The van der Waals surface area contributed by atoms with E-state index >= 15 is 0 Å². The van der Waals surface area contributed by atoms with Gasteiger partial charge in [0.15, 0.2) is 0 Å². The molecule has 1 aromatic heterocycles. The summed E-state index contributed by atoms with van der Waals surface area (Å²) in [6, 6.07) is 68.4. The number of hydrogen-bond acceptors (Lipinski definition) is 2. The number of para-hydroxylation sites is 1. The number of benzene rings is 9. The second-order valence-electron chi connectivity index (χ2n) is 15.3. The lowest BCUT2D eigenvalue weighted by Crippen LogP contribution is -2.16. The molecule has 0 bridgehead atoms. The van der Waals surface area contributed by atoms with Crippen LogP contribution in [0.25, 0.3) is 76.9 Å². The van der Waals surface area contributed by atoms with E-state index in [1.54, 1.807) is 0 Å². The van der Waals surface area contributed by atoms with Crippen LogP contribution in [0.1, 0.15) is 25.0 Å². The van der Waals surface area contributed by atoms with Crippen molar-refractivity contribution in [3.05, 3.63) is 199 Å². The minimum atomic E-state index is -0.132. The quantitative estimate of drug-likeness (QED) is 0.177. The first-order chi connectivity index (χ1) is 27.0. The summed E-state index contributed by atoms with van der Waals surface area (Å²) in [6.45, 7) is 4.71. The van der Waals surface area contributed by atoms with E-state index in [-0.39, 0.29) is 5.41 Å². The van der Waals surface area contributed by atoms with Gasteiger partial charge in [-0.15, -0.1) is 0 Å². The predicted molar refractivity (Wildman–Crippen MR) is 232 cm³/mol. The van der Waals surface area contributed by atoms with Crippen molar-refractivity contribution in [1.29, 1.82) is 0 Å².